The monoisotopic (exact) mass is 358 g/mol. The number of amidine groups is 1. The minimum absolute atomic E-state index is 0.0637. The lowest BCUT2D eigenvalue weighted by Gasteiger charge is -2.17. The lowest BCUT2D eigenvalue weighted by atomic mass is 9.99. The number of aliphatic imine (C=N–C) groups is 1. The van der Waals surface area contributed by atoms with Crippen molar-refractivity contribution in [3.05, 3.63) is 58.6 Å². The zero-order valence-corrected chi connectivity index (χ0v) is 15.5. The number of ether oxygens (including phenoxy) is 2. The second-order valence-electron chi connectivity index (χ2n) is 5.93. The van der Waals surface area contributed by atoms with Crippen LogP contribution in [0, 0.1) is 0 Å². The molecule has 0 fully saturated rings. The average molecular weight is 359 g/mol. The van der Waals surface area contributed by atoms with E-state index in [1.54, 1.807) is 7.11 Å². The fraction of sp³-hybridized carbons (Fsp3) is 0.350. The number of methoxy groups -OCH3 is 1. The number of hydrogen-bond acceptors (Lipinski definition) is 4. The van der Waals surface area contributed by atoms with Crippen LogP contribution in [-0.4, -0.2) is 25.6 Å². The van der Waals surface area contributed by atoms with Crippen molar-refractivity contribution in [2.75, 3.05) is 13.7 Å². The number of hydrogen-bond donors (Lipinski definition) is 1. The Morgan fingerprint density at radius 3 is 2.52 bits per heavy atom. The molecule has 2 atom stereocenters. The van der Waals surface area contributed by atoms with E-state index in [1.165, 1.54) is 0 Å². The maximum absolute atomic E-state index is 6.02. The van der Waals surface area contributed by atoms with Gasteiger partial charge in [0.15, 0.2) is 0 Å². The Morgan fingerprint density at radius 1 is 1.12 bits per heavy atom. The molecular formula is C20H23ClN2O2. The average Bonchev–Trinajstić information content (AvgIpc) is 3.06. The molecule has 0 radical (unpaired) electrons. The first-order chi connectivity index (χ1) is 12.2. The van der Waals surface area contributed by atoms with Gasteiger partial charge in [0.2, 0.25) is 0 Å². The highest BCUT2D eigenvalue weighted by Gasteiger charge is 2.30. The van der Waals surface area contributed by atoms with E-state index in [4.69, 9.17) is 26.1 Å². The maximum Gasteiger partial charge on any atom is 0.133 e. The van der Waals surface area contributed by atoms with E-state index in [-0.39, 0.29) is 12.1 Å². The second kappa shape index (κ2) is 7.79. The zero-order valence-electron chi connectivity index (χ0n) is 14.8. The molecule has 1 N–H and O–H groups in total. The van der Waals surface area contributed by atoms with Crippen LogP contribution in [0.2, 0.25) is 5.02 Å². The molecule has 4 nitrogen and oxygen atoms in total. The molecule has 0 bridgehead atoms. The summed E-state index contributed by atoms with van der Waals surface area (Å²) in [6, 6.07) is 14.0. The van der Waals surface area contributed by atoms with Gasteiger partial charge in [0, 0.05) is 11.1 Å². The third-order valence-corrected chi connectivity index (χ3v) is 4.62. The van der Waals surface area contributed by atoms with E-state index in [9.17, 15) is 0 Å². The minimum atomic E-state index is 0.0637. The highest BCUT2D eigenvalue weighted by molar-refractivity contribution is 6.30. The van der Waals surface area contributed by atoms with Crippen molar-refractivity contribution in [2.45, 2.75) is 32.4 Å². The van der Waals surface area contributed by atoms with Gasteiger partial charge in [-0.1, -0.05) is 30.7 Å². The minimum Gasteiger partial charge on any atom is -0.497 e. The lowest BCUT2D eigenvalue weighted by molar-refractivity contribution is 0.335. The Bertz CT molecular complexity index is 759. The molecule has 0 aromatic heterocycles. The van der Waals surface area contributed by atoms with Crippen LogP contribution in [0.1, 0.15) is 37.4 Å². The predicted octanol–water partition coefficient (Wildman–Crippen LogP) is 4.62. The summed E-state index contributed by atoms with van der Waals surface area (Å²) in [5.74, 6) is 2.41. The van der Waals surface area contributed by atoms with E-state index >= 15 is 0 Å². The molecule has 1 aliphatic rings. The van der Waals surface area contributed by atoms with Crippen molar-refractivity contribution >= 4 is 17.4 Å². The molecule has 25 heavy (non-hydrogen) atoms. The molecule has 2 aromatic rings. The van der Waals surface area contributed by atoms with Gasteiger partial charge in [-0.3, -0.25) is 4.99 Å². The van der Waals surface area contributed by atoms with Gasteiger partial charge in [-0.05, 0) is 43.2 Å². The first-order valence-electron chi connectivity index (χ1n) is 8.57. The smallest absolute Gasteiger partial charge is 0.133 e. The number of halogens is 1. The largest absolute Gasteiger partial charge is 0.497 e. The summed E-state index contributed by atoms with van der Waals surface area (Å²) in [5.41, 5.74) is 2.11. The summed E-state index contributed by atoms with van der Waals surface area (Å²) >= 11 is 6.02. The Labute approximate surface area is 153 Å². The first-order valence-corrected chi connectivity index (χ1v) is 8.95. The summed E-state index contributed by atoms with van der Waals surface area (Å²) in [7, 11) is 1.65. The van der Waals surface area contributed by atoms with Crippen LogP contribution < -0.4 is 14.8 Å². The van der Waals surface area contributed by atoms with Crippen molar-refractivity contribution < 1.29 is 9.47 Å². The van der Waals surface area contributed by atoms with E-state index in [0.29, 0.717) is 6.61 Å². The Kier molecular flexibility index (Phi) is 5.49. The van der Waals surface area contributed by atoms with Crippen molar-refractivity contribution in [1.29, 1.82) is 0 Å². The van der Waals surface area contributed by atoms with Crippen LogP contribution in [0.5, 0.6) is 11.5 Å². The standard InChI is InChI=1S/C20H23ClN2O2/c1-4-17-19(13-6-8-14(21)9-7-13)23-20(22-17)16-11-10-15(24-3)12-18(16)25-5-2/h6-12,17,19H,4-5H2,1-3H3,(H,22,23)/t17-,19+/m1/s1. The van der Waals surface area contributed by atoms with Gasteiger partial charge in [-0.15, -0.1) is 0 Å². The molecular weight excluding hydrogens is 336 g/mol. The molecule has 0 amide bonds. The Morgan fingerprint density at radius 2 is 1.88 bits per heavy atom. The van der Waals surface area contributed by atoms with E-state index < -0.39 is 0 Å². The Hall–Kier alpha value is -2.20. The molecule has 0 unspecified atom stereocenters. The number of nitrogens with one attached hydrogen (secondary N) is 1. The maximum atomic E-state index is 6.02. The fourth-order valence-corrected chi connectivity index (χ4v) is 3.19. The summed E-state index contributed by atoms with van der Waals surface area (Å²) in [5, 5.41) is 4.29. The van der Waals surface area contributed by atoms with E-state index in [2.05, 4.69) is 12.2 Å². The van der Waals surface area contributed by atoms with Gasteiger partial charge in [-0.2, -0.15) is 0 Å². The summed E-state index contributed by atoms with van der Waals surface area (Å²) in [4.78, 5) is 4.95. The quantitative estimate of drug-likeness (QED) is 0.819. The van der Waals surface area contributed by atoms with Gasteiger partial charge < -0.3 is 14.8 Å². The van der Waals surface area contributed by atoms with E-state index in [0.717, 1.165) is 39.9 Å². The number of nitrogens with zero attached hydrogens (tertiary/aromatic N) is 1. The van der Waals surface area contributed by atoms with Crippen molar-refractivity contribution in [3.8, 4) is 11.5 Å². The summed E-state index contributed by atoms with van der Waals surface area (Å²) in [6.45, 7) is 4.72. The molecule has 2 aromatic carbocycles. The zero-order chi connectivity index (χ0) is 17.8. The third kappa shape index (κ3) is 3.74. The summed E-state index contributed by atoms with van der Waals surface area (Å²) < 4.78 is 11.1. The highest BCUT2D eigenvalue weighted by atomic mass is 35.5. The van der Waals surface area contributed by atoms with Crippen molar-refractivity contribution in [2.24, 2.45) is 4.99 Å². The Balaban J connectivity index is 1.97. The second-order valence-corrected chi connectivity index (χ2v) is 6.36. The summed E-state index contributed by atoms with van der Waals surface area (Å²) in [6.07, 6.45) is 0.973. The van der Waals surface area contributed by atoms with Gasteiger partial charge in [0.25, 0.3) is 0 Å². The van der Waals surface area contributed by atoms with Crippen LogP contribution in [0.15, 0.2) is 47.5 Å². The van der Waals surface area contributed by atoms with Gasteiger partial charge in [0.1, 0.15) is 17.3 Å². The first kappa shape index (κ1) is 17.6. The van der Waals surface area contributed by atoms with Gasteiger partial charge in [0.05, 0.1) is 31.4 Å². The number of rotatable bonds is 6. The number of benzene rings is 2. The van der Waals surface area contributed by atoms with Crippen LogP contribution in [0.4, 0.5) is 0 Å². The lowest BCUT2D eigenvalue weighted by Crippen LogP contribution is -2.31. The van der Waals surface area contributed by atoms with Crippen LogP contribution in [-0.2, 0) is 0 Å². The SMILES string of the molecule is CCOc1cc(OC)ccc1C1=N[C@@H](c2ccc(Cl)cc2)[C@@H](CC)N1. The van der Waals surface area contributed by atoms with Crippen molar-refractivity contribution in [1.82, 2.24) is 5.32 Å². The van der Waals surface area contributed by atoms with E-state index in [1.807, 2.05) is 49.4 Å². The molecule has 3 rings (SSSR count). The molecule has 0 saturated carbocycles. The van der Waals surface area contributed by atoms with Gasteiger partial charge in [-0.25, -0.2) is 0 Å². The van der Waals surface area contributed by atoms with Crippen LogP contribution in [0.25, 0.3) is 0 Å². The normalized spacial score (nSPS) is 19.3. The molecule has 0 saturated heterocycles. The fourth-order valence-electron chi connectivity index (χ4n) is 3.06. The van der Waals surface area contributed by atoms with Crippen molar-refractivity contribution in [3.63, 3.8) is 0 Å². The molecule has 1 aliphatic heterocycles. The molecule has 132 valence electrons. The van der Waals surface area contributed by atoms with Crippen LogP contribution in [0.3, 0.4) is 0 Å². The van der Waals surface area contributed by atoms with Crippen LogP contribution >= 0.6 is 11.6 Å². The van der Waals surface area contributed by atoms with Gasteiger partial charge >= 0.3 is 0 Å². The molecule has 0 aliphatic carbocycles. The molecule has 5 heteroatoms. The third-order valence-electron chi connectivity index (χ3n) is 4.37. The predicted molar refractivity (Wildman–Crippen MR) is 102 cm³/mol. The topological polar surface area (TPSA) is 42.9 Å². The molecule has 0 spiro atoms. The highest BCUT2D eigenvalue weighted by Crippen LogP contribution is 2.33. The molecule has 1 heterocycles.